The second kappa shape index (κ2) is 8.03. The van der Waals surface area contributed by atoms with Crippen LogP contribution in [0.25, 0.3) is 0 Å². The lowest BCUT2D eigenvalue weighted by atomic mass is 10.0. The summed E-state index contributed by atoms with van der Waals surface area (Å²) in [6.45, 7) is 4.25. The third-order valence-corrected chi connectivity index (χ3v) is 3.96. The second-order valence-corrected chi connectivity index (χ2v) is 5.71. The van der Waals surface area contributed by atoms with Crippen molar-refractivity contribution in [3.63, 3.8) is 0 Å². The molecule has 2 rings (SSSR count). The van der Waals surface area contributed by atoms with E-state index in [4.69, 9.17) is 4.74 Å². The Labute approximate surface area is 127 Å². The molecule has 1 fully saturated rings. The van der Waals surface area contributed by atoms with Gasteiger partial charge in [-0.1, -0.05) is 12.1 Å². The van der Waals surface area contributed by atoms with Gasteiger partial charge in [-0.3, -0.25) is 4.79 Å². The summed E-state index contributed by atoms with van der Waals surface area (Å²) in [5.74, 6) is 1.05. The van der Waals surface area contributed by atoms with Crippen LogP contribution in [0.4, 0.5) is 0 Å². The van der Waals surface area contributed by atoms with Crippen LogP contribution in [-0.2, 0) is 4.79 Å². The molecule has 0 bridgehead atoms. The van der Waals surface area contributed by atoms with Gasteiger partial charge in [0.05, 0.1) is 13.0 Å². The van der Waals surface area contributed by atoms with E-state index < -0.39 is 0 Å². The van der Waals surface area contributed by atoms with E-state index in [2.05, 4.69) is 5.32 Å². The fraction of sp³-hybridized carbons (Fsp3) is 0.588. The molecule has 1 amide bonds. The van der Waals surface area contributed by atoms with E-state index in [1.54, 1.807) is 0 Å². The third kappa shape index (κ3) is 4.74. The third-order valence-electron chi connectivity index (χ3n) is 3.96. The Balaban J connectivity index is 1.80. The quantitative estimate of drug-likeness (QED) is 0.874. The first kappa shape index (κ1) is 15.8. The zero-order valence-electron chi connectivity index (χ0n) is 13.1. The van der Waals surface area contributed by atoms with Crippen LogP contribution in [0, 0.1) is 6.92 Å². The van der Waals surface area contributed by atoms with Gasteiger partial charge in [-0.25, -0.2) is 0 Å². The van der Waals surface area contributed by atoms with Gasteiger partial charge >= 0.3 is 0 Å². The molecule has 0 aromatic heterocycles. The first-order valence-electron chi connectivity index (χ1n) is 7.84. The number of piperidine rings is 1. The lowest BCUT2D eigenvalue weighted by Gasteiger charge is -2.35. The van der Waals surface area contributed by atoms with Crippen molar-refractivity contribution in [1.29, 1.82) is 0 Å². The molecule has 4 nitrogen and oxygen atoms in total. The van der Waals surface area contributed by atoms with Crippen LogP contribution in [0.2, 0.25) is 0 Å². The van der Waals surface area contributed by atoms with Crippen LogP contribution in [0.3, 0.4) is 0 Å². The molecular formula is C17H26N2O2. The van der Waals surface area contributed by atoms with E-state index in [1.807, 2.05) is 43.1 Å². The summed E-state index contributed by atoms with van der Waals surface area (Å²) in [5.41, 5.74) is 1.17. The minimum Gasteiger partial charge on any atom is -0.493 e. The highest BCUT2D eigenvalue weighted by Gasteiger charge is 2.25. The molecule has 0 aliphatic carbocycles. The first-order chi connectivity index (χ1) is 10.2. The molecule has 1 atom stereocenters. The van der Waals surface area contributed by atoms with Gasteiger partial charge in [-0.05, 0) is 50.9 Å². The molecule has 1 aliphatic rings. The highest BCUT2D eigenvalue weighted by atomic mass is 16.5. The topological polar surface area (TPSA) is 41.6 Å². The van der Waals surface area contributed by atoms with E-state index in [-0.39, 0.29) is 5.91 Å². The van der Waals surface area contributed by atoms with Gasteiger partial charge in [0.1, 0.15) is 5.75 Å². The maximum atomic E-state index is 12.4. The monoisotopic (exact) mass is 290 g/mol. The average Bonchev–Trinajstić information content (AvgIpc) is 2.48. The highest BCUT2D eigenvalue weighted by Crippen LogP contribution is 2.18. The van der Waals surface area contributed by atoms with Crippen molar-refractivity contribution in [3.05, 3.63) is 29.8 Å². The first-order valence-corrected chi connectivity index (χ1v) is 7.84. The van der Waals surface area contributed by atoms with Gasteiger partial charge in [0.15, 0.2) is 0 Å². The Morgan fingerprint density at radius 1 is 1.43 bits per heavy atom. The molecule has 1 aromatic rings. The van der Waals surface area contributed by atoms with Crippen LogP contribution >= 0.6 is 0 Å². The summed E-state index contributed by atoms with van der Waals surface area (Å²) in [6, 6.07) is 8.28. The number of carbonyl (C=O) groups is 1. The molecule has 0 radical (unpaired) electrons. The molecule has 1 N–H and O–H groups in total. The lowest BCUT2D eigenvalue weighted by molar-refractivity contribution is -0.135. The maximum absolute atomic E-state index is 12.4. The van der Waals surface area contributed by atoms with E-state index in [0.717, 1.165) is 31.7 Å². The van der Waals surface area contributed by atoms with Gasteiger partial charge in [0.25, 0.3) is 0 Å². The highest BCUT2D eigenvalue weighted by molar-refractivity contribution is 5.76. The largest absolute Gasteiger partial charge is 0.493 e. The molecule has 1 unspecified atom stereocenters. The lowest BCUT2D eigenvalue weighted by Crippen LogP contribution is -2.48. The molecule has 116 valence electrons. The number of amides is 1. The zero-order valence-corrected chi connectivity index (χ0v) is 13.1. The van der Waals surface area contributed by atoms with Crippen molar-refractivity contribution in [2.45, 2.75) is 38.6 Å². The summed E-state index contributed by atoms with van der Waals surface area (Å²) < 4.78 is 5.68. The van der Waals surface area contributed by atoms with Crippen LogP contribution in [0.15, 0.2) is 24.3 Å². The van der Waals surface area contributed by atoms with Crippen molar-refractivity contribution in [2.75, 3.05) is 26.7 Å². The van der Waals surface area contributed by atoms with Gasteiger partial charge in [0.2, 0.25) is 5.91 Å². The van der Waals surface area contributed by atoms with Crippen molar-refractivity contribution in [1.82, 2.24) is 10.2 Å². The van der Waals surface area contributed by atoms with Crippen molar-refractivity contribution in [2.24, 2.45) is 0 Å². The standard InChI is InChI=1S/C17H26N2O2/c1-14-6-5-8-16(12-14)21-11-9-17(20)19-10-4-3-7-15(19)13-18-2/h5-6,8,12,15,18H,3-4,7,9-11,13H2,1-2H3. The number of nitrogens with one attached hydrogen (secondary N) is 1. The number of likely N-dealkylation sites (tertiary alicyclic amines) is 1. The molecule has 1 saturated heterocycles. The molecule has 0 spiro atoms. The summed E-state index contributed by atoms with van der Waals surface area (Å²) in [7, 11) is 1.94. The van der Waals surface area contributed by atoms with E-state index in [0.29, 0.717) is 19.1 Å². The fourth-order valence-electron chi connectivity index (χ4n) is 2.88. The maximum Gasteiger partial charge on any atom is 0.226 e. The van der Waals surface area contributed by atoms with Gasteiger partial charge in [-0.2, -0.15) is 0 Å². The summed E-state index contributed by atoms with van der Waals surface area (Å²) in [4.78, 5) is 14.4. The molecule has 1 aromatic carbocycles. The summed E-state index contributed by atoms with van der Waals surface area (Å²) in [5, 5.41) is 3.19. The predicted octanol–water partition coefficient (Wildman–Crippen LogP) is 2.36. The predicted molar refractivity (Wildman–Crippen MR) is 84.6 cm³/mol. The smallest absolute Gasteiger partial charge is 0.226 e. The number of benzene rings is 1. The normalized spacial score (nSPS) is 18.6. The SMILES string of the molecule is CNCC1CCCCN1C(=O)CCOc1cccc(C)c1. The van der Waals surface area contributed by atoms with Gasteiger partial charge in [-0.15, -0.1) is 0 Å². The number of aryl methyl sites for hydroxylation is 1. The van der Waals surface area contributed by atoms with Crippen LogP contribution in [0.5, 0.6) is 5.75 Å². The average molecular weight is 290 g/mol. The number of carbonyl (C=O) groups excluding carboxylic acids is 1. The van der Waals surface area contributed by atoms with Crippen LogP contribution in [0.1, 0.15) is 31.2 Å². The Kier molecular flexibility index (Phi) is 6.05. The fourth-order valence-corrected chi connectivity index (χ4v) is 2.88. The Bertz CT molecular complexity index is 460. The van der Waals surface area contributed by atoms with Gasteiger partial charge < -0.3 is 15.0 Å². The van der Waals surface area contributed by atoms with Crippen molar-refractivity contribution < 1.29 is 9.53 Å². The minimum absolute atomic E-state index is 0.211. The molecular weight excluding hydrogens is 264 g/mol. The molecule has 1 aliphatic heterocycles. The van der Waals surface area contributed by atoms with Crippen molar-refractivity contribution in [3.8, 4) is 5.75 Å². The number of hydrogen-bond acceptors (Lipinski definition) is 3. The van der Waals surface area contributed by atoms with Crippen molar-refractivity contribution >= 4 is 5.91 Å². The molecule has 0 saturated carbocycles. The van der Waals surface area contributed by atoms with Crippen LogP contribution in [-0.4, -0.2) is 43.6 Å². The molecule has 1 heterocycles. The van der Waals surface area contributed by atoms with Crippen LogP contribution < -0.4 is 10.1 Å². The van der Waals surface area contributed by atoms with Gasteiger partial charge in [0, 0.05) is 19.1 Å². The minimum atomic E-state index is 0.211. The zero-order chi connectivity index (χ0) is 15.1. The number of likely N-dealkylation sites (N-methyl/N-ethyl adjacent to an activating group) is 1. The number of rotatable bonds is 6. The molecule has 21 heavy (non-hydrogen) atoms. The molecule has 4 heteroatoms. The summed E-state index contributed by atoms with van der Waals surface area (Å²) >= 11 is 0. The number of ether oxygens (including phenoxy) is 1. The Hall–Kier alpha value is -1.55. The number of hydrogen-bond donors (Lipinski definition) is 1. The van der Waals surface area contributed by atoms with E-state index in [1.165, 1.54) is 12.0 Å². The number of nitrogens with zero attached hydrogens (tertiary/aromatic N) is 1. The Morgan fingerprint density at radius 2 is 2.29 bits per heavy atom. The summed E-state index contributed by atoms with van der Waals surface area (Å²) in [6.07, 6.45) is 3.89. The van der Waals surface area contributed by atoms with E-state index >= 15 is 0 Å². The van der Waals surface area contributed by atoms with E-state index in [9.17, 15) is 4.79 Å². The Morgan fingerprint density at radius 3 is 3.05 bits per heavy atom. The second-order valence-electron chi connectivity index (χ2n) is 5.71.